The van der Waals surface area contributed by atoms with Crippen LogP contribution in [0.5, 0.6) is 0 Å². The van der Waals surface area contributed by atoms with Gasteiger partial charge in [0.2, 0.25) is 10.4 Å². The van der Waals surface area contributed by atoms with Gasteiger partial charge >= 0.3 is 35.5 Å². The first-order chi connectivity index (χ1) is 21.6. The zero-order chi connectivity index (χ0) is 32.8. The zero-order valence-electron chi connectivity index (χ0n) is 28.5. The van der Waals surface area contributed by atoms with E-state index in [0.29, 0.717) is 13.2 Å². The molecule has 0 amide bonds. The van der Waals surface area contributed by atoms with Crippen LogP contribution >= 0.6 is 0 Å². The van der Waals surface area contributed by atoms with Crippen molar-refractivity contribution in [2.75, 3.05) is 26.4 Å². The molecule has 2 bridgehead atoms. The third-order valence-electron chi connectivity index (χ3n) is 8.54. The molecule has 0 aromatic carbocycles. The van der Waals surface area contributed by atoms with Crippen molar-refractivity contribution in [1.29, 1.82) is 0 Å². The van der Waals surface area contributed by atoms with E-state index in [2.05, 4.69) is 4.18 Å². The summed E-state index contributed by atoms with van der Waals surface area (Å²) in [4.78, 5) is 11.4. The molecule has 2 aliphatic rings. The fraction of sp³-hybridized carbons (Fsp3) is 0.909. The Balaban J connectivity index is 0.0000106. The van der Waals surface area contributed by atoms with Crippen LogP contribution in [0.15, 0.2) is 12.2 Å². The minimum Gasteiger partial charge on any atom is -0.726 e. The molecular weight excluding hydrogens is 625 g/mol. The smallest absolute Gasteiger partial charge is 0.726 e. The van der Waals surface area contributed by atoms with Gasteiger partial charge in [-0.1, -0.05) is 83.1 Å². The largest absolute Gasteiger partial charge is 1.00 e. The number of rotatable bonds is 28. The molecule has 46 heavy (non-hydrogen) atoms. The molecule has 5 atom stereocenters. The number of aliphatic hydroxyl groups is 1. The molecular formula is C33H60NNaO10S. The molecule has 0 aliphatic carbocycles. The summed E-state index contributed by atoms with van der Waals surface area (Å²) in [6, 6.07) is -0.624. The van der Waals surface area contributed by atoms with Crippen molar-refractivity contribution in [3.63, 3.8) is 0 Å². The summed E-state index contributed by atoms with van der Waals surface area (Å²) in [5.74, 6) is -0.805. The first kappa shape index (κ1) is 43.9. The fourth-order valence-electron chi connectivity index (χ4n) is 6.11. The number of hydrogen-bond acceptors (Lipinski definition) is 11. The van der Waals surface area contributed by atoms with Crippen LogP contribution < -0.4 is 35.3 Å². The molecule has 2 rings (SSSR count). The normalized spacial score (nSPS) is 23.4. The van der Waals surface area contributed by atoms with E-state index in [1.54, 1.807) is 6.92 Å². The Morgan fingerprint density at radius 3 is 2.17 bits per heavy atom. The molecule has 11 nitrogen and oxygen atoms in total. The molecule has 0 aromatic heterocycles. The van der Waals surface area contributed by atoms with E-state index in [1.807, 2.05) is 6.08 Å². The number of unbranched alkanes of at least 4 members (excludes halogenated alkanes) is 14. The van der Waals surface area contributed by atoms with E-state index in [9.17, 15) is 22.9 Å². The molecule has 0 saturated carbocycles. The van der Waals surface area contributed by atoms with E-state index >= 15 is 0 Å². The number of nitrogens with two attached hydrogens (primary N) is 1. The molecule has 264 valence electrons. The number of ether oxygens (including phenoxy) is 4. The van der Waals surface area contributed by atoms with Crippen LogP contribution in [0.25, 0.3) is 0 Å². The number of carbonyl (C=O) groups is 1. The van der Waals surface area contributed by atoms with E-state index < -0.39 is 28.3 Å². The second kappa shape index (κ2) is 25.8. The van der Waals surface area contributed by atoms with Crippen LogP contribution in [0.3, 0.4) is 0 Å². The summed E-state index contributed by atoms with van der Waals surface area (Å²) >= 11 is 0. The van der Waals surface area contributed by atoms with Gasteiger partial charge in [-0.3, -0.25) is 4.18 Å². The quantitative estimate of drug-likeness (QED) is 0.0310. The van der Waals surface area contributed by atoms with Gasteiger partial charge < -0.3 is 34.3 Å². The summed E-state index contributed by atoms with van der Waals surface area (Å²) in [6.45, 7) is 2.58. The van der Waals surface area contributed by atoms with Gasteiger partial charge in [-0.05, 0) is 45.4 Å². The minimum absolute atomic E-state index is 0. The van der Waals surface area contributed by atoms with Crippen molar-refractivity contribution in [3.8, 4) is 0 Å². The monoisotopic (exact) mass is 685 g/mol. The third kappa shape index (κ3) is 20.4. The topological polar surface area (TPSA) is 167 Å². The minimum atomic E-state index is -4.70. The van der Waals surface area contributed by atoms with Crippen molar-refractivity contribution < 1.29 is 75.6 Å². The van der Waals surface area contributed by atoms with Crippen LogP contribution in [-0.2, 0) is 38.3 Å². The van der Waals surface area contributed by atoms with Crippen LogP contribution in [0.2, 0.25) is 0 Å². The maximum Gasteiger partial charge on any atom is 1.00 e. The maximum atomic E-state index is 11.4. The Morgan fingerprint density at radius 1 is 0.957 bits per heavy atom. The first-order valence-corrected chi connectivity index (χ1v) is 18.8. The Hall–Kier alpha value is -0.120. The molecule has 3 N–H and O–H groups in total. The third-order valence-corrected chi connectivity index (χ3v) is 8.96. The van der Waals surface area contributed by atoms with Crippen molar-refractivity contribution in [3.05, 3.63) is 12.2 Å². The molecule has 2 fully saturated rings. The Labute approximate surface area is 300 Å². The molecule has 2 saturated heterocycles. The SMILES string of the molecule is CCOC(=O)/C=C/CCCC[C@H]1OC2(CCCCCCCCCCCCCCCOCC(N)COS(=O)(=O)[O-])CCC(O)C1O2.[Na+]. The summed E-state index contributed by atoms with van der Waals surface area (Å²) in [5, 5.41) is 10.5. The van der Waals surface area contributed by atoms with E-state index in [1.165, 1.54) is 70.3 Å². The number of fused-ring (bicyclic) bond motifs is 2. The van der Waals surface area contributed by atoms with Gasteiger partial charge in [0.25, 0.3) is 0 Å². The maximum absolute atomic E-state index is 11.4. The average molecular weight is 686 g/mol. The summed E-state index contributed by atoms with van der Waals surface area (Å²) in [7, 11) is -4.70. The Morgan fingerprint density at radius 2 is 1.57 bits per heavy atom. The predicted octanol–water partition coefficient (Wildman–Crippen LogP) is 2.59. The van der Waals surface area contributed by atoms with Gasteiger partial charge in [-0.2, -0.15) is 0 Å². The van der Waals surface area contributed by atoms with Crippen LogP contribution in [0, 0.1) is 0 Å². The zero-order valence-corrected chi connectivity index (χ0v) is 31.4. The summed E-state index contributed by atoms with van der Waals surface area (Å²) in [5.41, 5.74) is 5.64. The van der Waals surface area contributed by atoms with Gasteiger partial charge in [0.15, 0.2) is 5.79 Å². The number of carbonyl (C=O) groups excluding carboxylic acids is 1. The molecule has 2 aliphatic heterocycles. The fourth-order valence-corrected chi connectivity index (χ4v) is 6.45. The molecule has 2 heterocycles. The van der Waals surface area contributed by atoms with Crippen LogP contribution in [0.4, 0.5) is 0 Å². The van der Waals surface area contributed by atoms with Gasteiger partial charge in [0.05, 0.1) is 38.1 Å². The number of allylic oxidation sites excluding steroid dienone is 1. The first-order valence-electron chi connectivity index (χ1n) is 17.4. The summed E-state index contributed by atoms with van der Waals surface area (Å²) < 4.78 is 58.4. The molecule has 0 aromatic rings. The summed E-state index contributed by atoms with van der Waals surface area (Å²) in [6.07, 6.45) is 24.3. The predicted molar refractivity (Wildman–Crippen MR) is 171 cm³/mol. The second-order valence-electron chi connectivity index (χ2n) is 12.6. The van der Waals surface area contributed by atoms with Gasteiger partial charge in [0, 0.05) is 25.5 Å². The van der Waals surface area contributed by atoms with Crippen molar-refractivity contribution >= 4 is 16.4 Å². The molecule has 13 heteroatoms. The van der Waals surface area contributed by atoms with E-state index in [4.69, 9.17) is 24.7 Å². The van der Waals surface area contributed by atoms with Gasteiger partial charge in [-0.15, -0.1) is 0 Å². The van der Waals surface area contributed by atoms with E-state index in [-0.39, 0.29) is 60.9 Å². The van der Waals surface area contributed by atoms with Crippen LogP contribution in [-0.4, -0.2) is 80.6 Å². The number of aliphatic hydroxyl groups excluding tert-OH is 1. The molecule has 0 radical (unpaired) electrons. The van der Waals surface area contributed by atoms with Gasteiger partial charge in [0.1, 0.15) is 6.10 Å². The van der Waals surface area contributed by atoms with Crippen LogP contribution in [0.1, 0.15) is 135 Å². The number of hydrogen-bond donors (Lipinski definition) is 2. The second-order valence-corrected chi connectivity index (χ2v) is 13.6. The molecule has 4 unspecified atom stereocenters. The van der Waals surface area contributed by atoms with E-state index in [0.717, 1.165) is 64.2 Å². The average Bonchev–Trinajstić information content (AvgIpc) is 3.30. The molecule has 0 spiro atoms. The standard InChI is InChI=1S/C33H61NO10S.Na/c1-2-41-31(36)21-17-13-12-16-20-30-32-29(35)22-24-33(43-30,44-32)23-18-14-10-8-6-4-3-5-7-9-11-15-19-25-40-26-28(34)27-42-45(37,38)39;/h17,21,28-30,32,35H,2-16,18-20,22-27,34H2,1H3,(H,37,38,39);/q;+1/p-1/b21-17+;/t28?,29?,30-,32?,33?;/m1./s1. The van der Waals surface area contributed by atoms with Crippen molar-refractivity contribution in [2.24, 2.45) is 5.73 Å². The van der Waals surface area contributed by atoms with Crippen molar-refractivity contribution in [2.45, 2.75) is 165 Å². The Bertz CT molecular complexity index is 924. The Kier molecular flexibility index (Phi) is 24.6. The number of esters is 1. The van der Waals surface area contributed by atoms with Crippen molar-refractivity contribution in [1.82, 2.24) is 0 Å². The van der Waals surface area contributed by atoms with Gasteiger partial charge in [-0.25, -0.2) is 13.2 Å².